The second kappa shape index (κ2) is 7.10. The number of halogens is 6. The van der Waals surface area contributed by atoms with Gasteiger partial charge in [-0.25, -0.2) is 4.39 Å². The van der Waals surface area contributed by atoms with Crippen molar-refractivity contribution in [3.05, 3.63) is 34.1 Å². The summed E-state index contributed by atoms with van der Waals surface area (Å²) in [6, 6.07) is -0.0887. The van der Waals surface area contributed by atoms with Crippen LogP contribution in [0.15, 0.2) is 12.1 Å². The van der Waals surface area contributed by atoms with E-state index in [1.807, 2.05) is 0 Å². The molecule has 0 saturated heterocycles. The van der Waals surface area contributed by atoms with Crippen molar-refractivity contribution in [2.75, 3.05) is 7.11 Å². The van der Waals surface area contributed by atoms with E-state index in [2.05, 4.69) is 4.74 Å². The van der Waals surface area contributed by atoms with Crippen LogP contribution in [0.4, 0.5) is 17.6 Å². The highest BCUT2D eigenvalue weighted by Crippen LogP contribution is 2.38. The van der Waals surface area contributed by atoms with E-state index in [0.29, 0.717) is 6.07 Å². The summed E-state index contributed by atoms with van der Waals surface area (Å²) >= 11 is 5.44. The Kier molecular flexibility index (Phi) is 6.73. The average molecular weight is 336 g/mol. The molecule has 0 amide bonds. The molecule has 1 rings (SSSR count). The van der Waals surface area contributed by atoms with Crippen molar-refractivity contribution < 1.29 is 27.1 Å². The van der Waals surface area contributed by atoms with Gasteiger partial charge in [-0.2, -0.15) is 13.2 Å². The van der Waals surface area contributed by atoms with E-state index in [9.17, 15) is 22.4 Å². The standard InChI is InChI=1S/C11H10ClF4NO2.ClH/c1-19-8(18)4-7(17)9-5(11(14,15)16)2-3-6(12)10(9)13;/h2-3,7H,4,17H2,1H3;1H/t7-;/m0./s1. The second-order valence-corrected chi connectivity index (χ2v) is 4.11. The maximum absolute atomic E-state index is 13.7. The van der Waals surface area contributed by atoms with Crippen molar-refractivity contribution in [1.82, 2.24) is 0 Å². The molecule has 1 aromatic rings. The number of benzene rings is 1. The normalized spacial score (nSPS) is 12.6. The minimum absolute atomic E-state index is 0. The summed E-state index contributed by atoms with van der Waals surface area (Å²) in [6.45, 7) is 0. The quantitative estimate of drug-likeness (QED) is 0.679. The fraction of sp³-hybridized carbons (Fsp3) is 0.364. The first kappa shape index (κ1) is 18.9. The van der Waals surface area contributed by atoms with E-state index in [4.69, 9.17) is 17.3 Å². The third-order valence-corrected chi connectivity index (χ3v) is 2.71. The molecule has 1 aromatic carbocycles. The van der Waals surface area contributed by atoms with Crippen LogP contribution < -0.4 is 5.73 Å². The summed E-state index contributed by atoms with van der Waals surface area (Å²) in [7, 11) is 1.05. The van der Waals surface area contributed by atoms with Gasteiger partial charge in [0.15, 0.2) is 0 Å². The van der Waals surface area contributed by atoms with Crippen LogP contribution in [0.2, 0.25) is 5.02 Å². The molecule has 2 N–H and O–H groups in total. The van der Waals surface area contributed by atoms with Gasteiger partial charge in [-0.05, 0) is 12.1 Å². The Bertz CT molecular complexity index is 494. The van der Waals surface area contributed by atoms with Crippen LogP contribution in [-0.2, 0) is 15.7 Å². The first-order chi connectivity index (χ1) is 8.68. The molecular formula is C11H11Cl2F4NO2. The Morgan fingerprint density at radius 1 is 1.45 bits per heavy atom. The third-order valence-electron chi connectivity index (χ3n) is 2.42. The third kappa shape index (κ3) is 4.22. The number of hydrogen-bond acceptors (Lipinski definition) is 3. The van der Waals surface area contributed by atoms with Crippen molar-refractivity contribution >= 4 is 30.0 Å². The highest BCUT2D eigenvalue weighted by molar-refractivity contribution is 6.30. The molecule has 0 spiro atoms. The van der Waals surface area contributed by atoms with Crippen LogP contribution in [-0.4, -0.2) is 13.1 Å². The van der Waals surface area contributed by atoms with Gasteiger partial charge >= 0.3 is 12.1 Å². The smallest absolute Gasteiger partial charge is 0.416 e. The van der Waals surface area contributed by atoms with Crippen molar-refractivity contribution in [2.45, 2.75) is 18.6 Å². The van der Waals surface area contributed by atoms with E-state index in [-0.39, 0.29) is 12.4 Å². The van der Waals surface area contributed by atoms with Gasteiger partial charge in [-0.1, -0.05) is 11.6 Å². The lowest BCUT2D eigenvalue weighted by atomic mass is 9.97. The van der Waals surface area contributed by atoms with Gasteiger partial charge in [0.05, 0.1) is 24.1 Å². The predicted molar refractivity (Wildman–Crippen MR) is 67.2 cm³/mol. The van der Waals surface area contributed by atoms with Gasteiger partial charge in [-0.15, -0.1) is 12.4 Å². The number of rotatable bonds is 3. The number of hydrogen-bond donors (Lipinski definition) is 1. The molecule has 0 fully saturated rings. The zero-order chi connectivity index (χ0) is 14.8. The van der Waals surface area contributed by atoms with Crippen LogP contribution in [0.5, 0.6) is 0 Å². The Labute approximate surface area is 123 Å². The molecule has 3 nitrogen and oxygen atoms in total. The largest absolute Gasteiger partial charge is 0.469 e. The van der Waals surface area contributed by atoms with Crippen LogP contribution >= 0.6 is 24.0 Å². The average Bonchev–Trinajstić information content (AvgIpc) is 2.30. The fourth-order valence-corrected chi connectivity index (χ4v) is 1.71. The topological polar surface area (TPSA) is 52.3 Å². The summed E-state index contributed by atoms with van der Waals surface area (Å²) in [6.07, 6.45) is -5.38. The van der Waals surface area contributed by atoms with E-state index in [1.54, 1.807) is 0 Å². The van der Waals surface area contributed by atoms with E-state index >= 15 is 0 Å². The predicted octanol–water partition coefficient (Wildman–Crippen LogP) is 3.48. The molecule has 114 valence electrons. The minimum Gasteiger partial charge on any atom is -0.469 e. The lowest BCUT2D eigenvalue weighted by molar-refractivity contribution is -0.142. The van der Waals surface area contributed by atoms with E-state index in [1.165, 1.54) is 0 Å². The monoisotopic (exact) mass is 335 g/mol. The Hall–Kier alpha value is -1.05. The summed E-state index contributed by atoms with van der Waals surface area (Å²) < 4.78 is 56.3. The first-order valence-electron chi connectivity index (χ1n) is 5.06. The lowest BCUT2D eigenvalue weighted by Gasteiger charge is -2.19. The fourth-order valence-electron chi connectivity index (χ4n) is 1.54. The van der Waals surface area contributed by atoms with E-state index < -0.39 is 46.6 Å². The molecule has 0 unspecified atom stereocenters. The molecule has 0 heterocycles. The molecule has 1 atom stereocenters. The van der Waals surface area contributed by atoms with Crippen LogP contribution in [0.25, 0.3) is 0 Å². The Balaban J connectivity index is 0.00000361. The summed E-state index contributed by atoms with van der Waals surface area (Å²) in [5, 5.41) is -0.497. The Morgan fingerprint density at radius 3 is 2.45 bits per heavy atom. The molecule has 20 heavy (non-hydrogen) atoms. The van der Waals surface area contributed by atoms with Crippen molar-refractivity contribution in [3.8, 4) is 0 Å². The Morgan fingerprint density at radius 2 is 2.00 bits per heavy atom. The first-order valence-corrected chi connectivity index (χ1v) is 5.43. The van der Waals surface area contributed by atoms with Crippen LogP contribution in [0, 0.1) is 5.82 Å². The number of ether oxygens (including phenoxy) is 1. The number of nitrogens with two attached hydrogens (primary N) is 1. The number of carbonyl (C=O) groups excluding carboxylic acids is 1. The van der Waals surface area contributed by atoms with Gasteiger partial charge in [0, 0.05) is 11.6 Å². The molecule has 0 saturated carbocycles. The molecule has 9 heteroatoms. The number of carbonyl (C=O) groups is 1. The van der Waals surface area contributed by atoms with E-state index in [0.717, 1.165) is 13.2 Å². The summed E-state index contributed by atoms with van der Waals surface area (Å²) in [5.74, 6) is -2.13. The van der Waals surface area contributed by atoms with Gasteiger partial charge in [-0.3, -0.25) is 4.79 Å². The van der Waals surface area contributed by atoms with Crippen LogP contribution in [0.3, 0.4) is 0 Å². The zero-order valence-electron chi connectivity index (χ0n) is 10.1. The molecule has 0 aliphatic heterocycles. The molecule has 0 radical (unpaired) electrons. The van der Waals surface area contributed by atoms with Crippen LogP contribution in [0.1, 0.15) is 23.6 Å². The minimum atomic E-state index is -4.80. The zero-order valence-corrected chi connectivity index (χ0v) is 11.7. The van der Waals surface area contributed by atoms with Crippen molar-refractivity contribution in [3.63, 3.8) is 0 Å². The number of methoxy groups -OCH3 is 1. The van der Waals surface area contributed by atoms with Crippen molar-refractivity contribution in [2.24, 2.45) is 5.73 Å². The summed E-state index contributed by atoms with van der Waals surface area (Å²) in [4.78, 5) is 11.0. The van der Waals surface area contributed by atoms with Gasteiger partial charge in [0.2, 0.25) is 0 Å². The number of alkyl halides is 3. The maximum atomic E-state index is 13.7. The highest BCUT2D eigenvalue weighted by Gasteiger charge is 2.37. The van der Waals surface area contributed by atoms with Gasteiger partial charge < -0.3 is 10.5 Å². The number of esters is 1. The molecule has 0 bridgehead atoms. The SMILES string of the molecule is COC(=O)C[C@H](N)c1c(C(F)(F)F)ccc(Cl)c1F.Cl. The van der Waals surface area contributed by atoms with Gasteiger partial charge in [0.25, 0.3) is 0 Å². The van der Waals surface area contributed by atoms with Gasteiger partial charge in [0.1, 0.15) is 5.82 Å². The maximum Gasteiger partial charge on any atom is 0.416 e. The summed E-state index contributed by atoms with van der Waals surface area (Å²) in [5.41, 5.74) is 3.34. The second-order valence-electron chi connectivity index (χ2n) is 3.71. The lowest BCUT2D eigenvalue weighted by Crippen LogP contribution is -2.22. The van der Waals surface area contributed by atoms with Crippen molar-refractivity contribution in [1.29, 1.82) is 0 Å². The molecule has 0 aliphatic carbocycles. The molecular weight excluding hydrogens is 325 g/mol. The molecule has 0 aliphatic rings. The molecule has 0 aromatic heterocycles. The highest BCUT2D eigenvalue weighted by atomic mass is 35.5.